The van der Waals surface area contributed by atoms with Gasteiger partial charge in [-0.15, -0.1) is 0 Å². The van der Waals surface area contributed by atoms with Gasteiger partial charge in [-0.05, 0) is 24.6 Å². The molecular weight excluding hydrogens is 309 g/mol. The maximum absolute atomic E-state index is 13.8. The molecule has 1 aliphatic rings. The first-order valence-corrected chi connectivity index (χ1v) is 7.91. The number of benzene rings is 1. The Morgan fingerprint density at radius 3 is 2.71 bits per heavy atom. The number of anilines is 2. The van der Waals surface area contributed by atoms with Crippen molar-refractivity contribution in [1.82, 2.24) is 14.9 Å². The Morgan fingerprint density at radius 2 is 2.04 bits per heavy atom. The molecule has 1 aliphatic heterocycles. The number of amides is 1. The highest BCUT2D eigenvalue weighted by Gasteiger charge is 2.20. The van der Waals surface area contributed by atoms with Crippen molar-refractivity contribution >= 4 is 17.4 Å². The molecule has 0 saturated carbocycles. The van der Waals surface area contributed by atoms with E-state index in [0.717, 1.165) is 37.6 Å². The molecule has 2 aromatic rings. The van der Waals surface area contributed by atoms with E-state index in [-0.39, 0.29) is 18.1 Å². The van der Waals surface area contributed by atoms with Gasteiger partial charge in [-0.1, -0.05) is 6.07 Å². The molecule has 1 N–H and O–H groups in total. The monoisotopic (exact) mass is 329 g/mol. The van der Waals surface area contributed by atoms with Crippen LogP contribution in [0.2, 0.25) is 0 Å². The van der Waals surface area contributed by atoms with Crippen molar-refractivity contribution in [2.75, 3.05) is 42.9 Å². The fourth-order valence-electron chi connectivity index (χ4n) is 2.70. The smallest absolute Gasteiger partial charge is 0.238 e. The molecule has 0 radical (unpaired) electrons. The molecule has 1 aromatic carbocycles. The zero-order valence-corrected chi connectivity index (χ0v) is 13.6. The van der Waals surface area contributed by atoms with Gasteiger partial charge in [0.2, 0.25) is 5.91 Å². The third kappa shape index (κ3) is 4.05. The van der Waals surface area contributed by atoms with Crippen LogP contribution in [-0.2, 0) is 4.79 Å². The molecule has 2 heterocycles. The number of piperazine rings is 1. The first kappa shape index (κ1) is 16.3. The van der Waals surface area contributed by atoms with Crippen LogP contribution in [0.15, 0.2) is 36.8 Å². The first-order chi connectivity index (χ1) is 11.6. The van der Waals surface area contributed by atoms with Crippen LogP contribution in [0.1, 0.15) is 5.56 Å². The molecule has 1 aromatic heterocycles. The standard InChI is InChI=1S/C17H20FN5O/c1-13-2-3-15(14(18)10-13)21-17(24)12-22-6-8-23(9-7-22)16-11-19-4-5-20-16/h2-5,10-11H,6-9,12H2,1H3,(H,21,24). The predicted molar refractivity (Wildman–Crippen MR) is 90.5 cm³/mol. The van der Waals surface area contributed by atoms with Crippen LogP contribution in [-0.4, -0.2) is 53.5 Å². The molecule has 0 aliphatic carbocycles. The molecule has 0 spiro atoms. The summed E-state index contributed by atoms with van der Waals surface area (Å²) in [6.07, 6.45) is 5.06. The van der Waals surface area contributed by atoms with Gasteiger partial charge < -0.3 is 10.2 Å². The Balaban J connectivity index is 1.50. The summed E-state index contributed by atoms with van der Waals surface area (Å²) in [6.45, 7) is 5.13. The van der Waals surface area contributed by atoms with Crippen LogP contribution in [0.25, 0.3) is 0 Å². The fourth-order valence-corrected chi connectivity index (χ4v) is 2.70. The quantitative estimate of drug-likeness (QED) is 0.925. The SMILES string of the molecule is Cc1ccc(NC(=O)CN2CCN(c3cnccn3)CC2)c(F)c1. The molecule has 7 heteroatoms. The van der Waals surface area contributed by atoms with Crippen LogP contribution in [0.3, 0.4) is 0 Å². The molecule has 1 amide bonds. The predicted octanol–water partition coefficient (Wildman–Crippen LogP) is 1.68. The number of aryl methyl sites for hydroxylation is 1. The molecule has 24 heavy (non-hydrogen) atoms. The Morgan fingerprint density at radius 1 is 1.25 bits per heavy atom. The van der Waals surface area contributed by atoms with Crippen molar-refractivity contribution in [3.8, 4) is 0 Å². The number of hydrogen-bond donors (Lipinski definition) is 1. The summed E-state index contributed by atoms with van der Waals surface area (Å²) in [7, 11) is 0. The topological polar surface area (TPSA) is 61.4 Å². The van der Waals surface area contributed by atoms with E-state index < -0.39 is 5.82 Å². The van der Waals surface area contributed by atoms with Crippen molar-refractivity contribution in [2.24, 2.45) is 0 Å². The van der Waals surface area contributed by atoms with Crippen LogP contribution in [0.4, 0.5) is 15.9 Å². The van der Waals surface area contributed by atoms with Gasteiger partial charge in [0.15, 0.2) is 0 Å². The van der Waals surface area contributed by atoms with E-state index in [9.17, 15) is 9.18 Å². The van der Waals surface area contributed by atoms with Gasteiger partial charge in [0.25, 0.3) is 0 Å². The summed E-state index contributed by atoms with van der Waals surface area (Å²) in [5.74, 6) is 0.241. The molecule has 3 rings (SSSR count). The zero-order chi connectivity index (χ0) is 16.9. The second kappa shape index (κ2) is 7.35. The van der Waals surface area contributed by atoms with E-state index >= 15 is 0 Å². The van der Waals surface area contributed by atoms with Crippen molar-refractivity contribution in [3.05, 3.63) is 48.2 Å². The van der Waals surface area contributed by atoms with Crippen LogP contribution in [0.5, 0.6) is 0 Å². The number of carbonyl (C=O) groups is 1. The highest BCUT2D eigenvalue weighted by Crippen LogP contribution is 2.15. The lowest BCUT2D eigenvalue weighted by Crippen LogP contribution is -2.49. The van der Waals surface area contributed by atoms with Gasteiger partial charge in [0.1, 0.15) is 11.6 Å². The second-order valence-corrected chi connectivity index (χ2v) is 5.86. The molecule has 0 unspecified atom stereocenters. The van der Waals surface area contributed by atoms with Gasteiger partial charge >= 0.3 is 0 Å². The maximum Gasteiger partial charge on any atom is 0.238 e. The minimum atomic E-state index is -0.407. The lowest BCUT2D eigenvalue weighted by molar-refractivity contribution is -0.117. The molecule has 126 valence electrons. The Kier molecular flexibility index (Phi) is 5.00. The number of hydrogen-bond acceptors (Lipinski definition) is 5. The summed E-state index contributed by atoms with van der Waals surface area (Å²) < 4.78 is 13.8. The highest BCUT2D eigenvalue weighted by molar-refractivity contribution is 5.92. The number of nitrogens with zero attached hydrogens (tertiary/aromatic N) is 4. The van der Waals surface area contributed by atoms with E-state index in [1.54, 1.807) is 30.7 Å². The van der Waals surface area contributed by atoms with Crippen LogP contribution in [0, 0.1) is 12.7 Å². The van der Waals surface area contributed by atoms with Crippen molar-refractivity contribution in [2.45, 2.75) is 6.92 Å². The van der Waals surface area contributed by atoms with Gasteiger partial charge in [0, 0.05) is 38.6 Å². The fraction of sp³-hybridized carbons (Fsp3) is 0.353. The summed E-state index contributed by atoms with van der Waals surface area (Å²) in [4.78, 5) is 24.7. The summed E-state index contributed by atoms with van der Waals surface area (Å²) >= 11 is 0. The number of aromatic nitrogens is 2. The summed E-state index contributed by atoms with van der Waals surface area (Å²) in [6, 6.07) is 4.78. The summed E-state index contributed by atoms with van der Waals surface area (Å²) in [5.41, 5.74) is 1.05. The van der Waals surface area contributed by atoms with Gasteiger partial charge in [0.05, 0.1) is 18.4 Å². The van der Waals surface area contributed by atoms with Crippen molar-refractivity contribution in [3.63, 3.8) is 0 Å². The van der Waals surface area contributed by atoms with Crippen molar-refractivity contribution in [1.29, 1.82) is 0 Å². The summed E-state index contributed by atoms with van der Waals surface area (Å²) in [5, 5.41) is 2.64. The highest BCUT2D eigenvalue weighted by atomic mass is 19.1. The number of carbonyl (C=O) groups excluding carboxylic acids is 1. The third-order valence-corrected chi connectivity index (χ3v) is 4.01. The second-order valence-electron chi connectivity index (χ2n) is 5.86. The lowest BCUT2D eigenvalue weighted by atomic mass is 10.2. The molecule has 6 nitrogen and oxygen atoms in total. The van der Waals surface area contributed by atoms with E-state index in [1.807, 2.05) is 11.8 Å². The van der Waals surface area contributed by atoms with Crippen molar-refractivity contribution < 1.29 is 9.18 Å². The molecule has 1 saturated heterocycles. The third-order valence-electron chi connectivity index (χ3n) is 4.01. The van der Waals surface area contributed by atoms with E-state index in [2.05, 4.69) is 20.2 Å². The Bertz CT molecular complexity index is 701. The number of rotatable bonds is 4. The first-order valence-electron chi connectivity index (χ1n) is 7.91. The number of halogens is 1. The van der Waals surface area contributed by atoms with Crippen LogP contribution >= 0.6 is 0 Å². The lowest BCUT2D eigenvalue weighted by Gasteiger charge is -2.34. The van der Waals surface area contributed by atoms with Gasteiger partial charge in [-0.25, -0.2) is 9.37 Å². The average Bonchev–Trinajstić information content (AvgIpc) is 2.59. The Labute approximate surface area is 140 Å². The molecule has 0 atom stereocenters. The normalized spacial score (nSPS) is 15.3. The minimum absolute atomic E-state index is 0.203. The van der Waals surface area contributed by atoms with Crippen LogP contribution < -0.4 is 10.2 Å². The van der Waals surface area contributed by atoms with E-state index in [4.69, 9.17) is 0 Å². The van der Waals surface area contributed by atoms with Gasteiger partial charge in [-0.2, -0.15) is 0 Å². The minimum Gasteiger partial charge on any atom is -0.353 e. The molecule has 1 fully saturated rings. The number of nitrogens with one attached hydrogen (secondary N) is 1. The Hall–Kier alpha value is -2.54. The molecular formula is C17H20FN5O. The largest absolute Gasteiger partial charge is 0.353 e. The van der Waals surface area contributed by atoms with E-state index in [0.29, 0.717) is 0 Å². The molecule has 0 bridgehead atoms. The zero-order valence-electron chi connectivity index (χ0n) is 13.6. The average molecular weight is 329 g/mol. The van der Waals surface area contributed by atoms with Gasteiger partial charge in [-0.3, -0.25) is 14.7 Å². The maximum atomic E-state index is 13.8. The van der Waals surface area contributed by atoms with E-state index in [1.165, 1.54) is 6.07 Å².